The highest BCUT2D eigenvalue weighted by Crippen LogP contribution is 2.27. The van der Waals surface area contributed by atoms with E-state index in [2.05, 4.69) is 25.7 Å². The summed E-state index contributed by atoms with van der Waals surface area (Å²) >= 11 is 7.18. The van der Waals surface area contributed by atoms with Crippen molar-refractivity contribution >= 4 is 41.5 Å². The molecule has 198 valence electrons. The number of hydrazone groups is 1. The standard InChI is InChI=1S/C29H21ClN6O3S/c30-23-6-4-5-22(17-23)28(38)39-25-11-9-20(10-12-25)18-32-33-26(37)19-40-29-35-34-27(21-13-15-31-16-14-21)36(29)24-7-2-1-3-8-24/h1-18H,19H2,(H,33,37)/b32-18+. The number of pyridine rings is 1. The van der Waals surface area contributed by atoms with Gasteiger partial charge in [-0.05, 0) is 72.3 Å². The van der Waals surface area contributed by atoms with Crippen LogP contribution in [0, 0.1) is 0 Å². The number of hydrogen-bond acceptors (Lipinski definition) is 8. The molecule has 0 unspecified atom stereocenters. The predicted molar refractivity (Wildman–Crippen MR) is 154 cm³/mol. The van der Waals surface area contributed by atoms with Crippen LogP contribution >= 0.6 is 23.4 Å². The summed E-state index contributed by atoms with van der Waals surface area (Å²) in [5.74, 6) is 0.287. The number of thioether (sulfide) groups is 1. The summed E-state index contributed by atoms with van der Waals surface area (Å²) in [6.07, 6.45) is 4.89. The number of carbonyl (C=O) groups excluding carboxylic acids is 2. The first-order valence-corrected chi connectivity index (χ1v) is 13.4. The summed E-state index contributed by atoms with van der Waals surface area (Å²) in [5, 5.41) is 13.7. The quantitative estimate of drug-likeness (QED) is 0.0828. The maximum absolute atomic E-state index is 12.5. The second kappa shape index (κ2) is 12.8. The van der Waals surface area contributed by atoms with E-state index in [4.69, 9.17) is 16.3 Å². The highest BCUT2D eigenvalue weighted by atomic mass is 35.5. The molecule has 0 aliphatic heterocycles. The molecule has 40 heavy (non-hydrogen) atoms. The number of para-hydroxylation sites is 1. The minimum Gasteiger partial charge on any atom is -0.423 e. The molecule has 5 rings (SSSR count). The second-order valence-electron chi connectivity index (χ2n) is 8.26. The van der Waals surface area contributed by atoms with Gasteiger partial charge in [-0.1, -0.05) is 47.6 Å². The van der Waals surface area contributed by atoms with E-state index in [0.29, 0.717) is 32.9 Å². The minimum atomic E-state index is -0.510. The Balaban J connectivity index is 1.18. The summed E-state index contributed by atoms with van der Waals surface area (Å²) < 4.78 is 7.27. The van der Waals surface area contributed by atoms with Crippen molar-refractivity contribution in [2.24, 2.45) is 5.10 Å². The molecule has 0 saturated heterocycles. The van der Waals surface area contributed by atoms with E-state index in [1.54, 1.807) is 54.9 Å². The molecule has 2 heterocycles. The first-order valence-electron chi connectivity index (χ1n) is 12.0. The van der Waals surface area contributed by atoms with Crippen LogP contribution in [0.15, 0.2) is 114 Å². The van der Waals surface area contributed by atoms with Gasteiger partial charge in [0.05, 0.1) is 17.5 Å². The molecule has 2 aromatic heterocycles. The van der Waals surface area contributed by atoms with Crippen LogP contribution in [0.1, 0.15) is 15.9 Å². The Bertz CT molecular complexity index is 1640. The van der Waals surface area contributed by atoms with E-state index in [1.807, 2.05) is 47.0 Å². The van der Waals surface area contributed by atoms with Crippen molar-refractivity contribution in [1.29, 1.82) is 0 Å². The highest BCUT2D eigenvalue weighted by Gasteiger charge is 2.17. The summed E-state index contributed by atoms with van der Waals surface area (Å²) in [6.45, 7) is 0. The van der Waals surface area contributed by atoms with E-state index in [1.165, 1.54) is 24.0 Å². The normalized spacial score (nSPS) is 10.9. The molecule has 0 radical (unpaired) electrons. The van der Waals surface area contributed by atoms with Crippen molar-refractivity contribution in [3.05, 3.63) is 120 Å². The fourth-order valence-corrected chi connectivity index (χ4v) is 4.54. The summed E-state index contributed by atoms with van der Waals surface area (Å²) in [5.41, 5.74) is 5.32. The van der Waals surface area contributed by atoms with E-state index in [0.717, 1.165) is 11.3 Å². The van der Waals surface area contributed by atoms with Gasteiger partial charge in [0, 0.05) is 28.7 Å². The maximum Gasteiger partial charge on any atom is 0.343 e. The molecule has 0 atom stereocenters. The van der Waals surface area contributed by atoms with Crippen LogP contribution < -0.4 is 10.2 Å². The van der Waals surface area contributed by atoms with E-state index in [9.17, 15) is 9.59 Å². The van der Waals surface area contributed by atoms with Gasteiger partial charge in [-0.3, -0.25) is 14.3 Å². The number of carbonyl (C=O) groups is 2. The van der Waals surface area contributed by atoms with Crippen LogP contribution in [0.25, 0.3) is 17.1 Å². The van der Waals surface area contributed by atoms with Gasteiger partial charge in [0.1, 0.15) is 5.75 Å². The average Bonchev–Trinajstić information content (AvgIpc) is 3.42. The number of nitrogens with zero attached hydrogens (tertiary/aromatic N) is 5. The molecule has 1 amide bonds. The fourth-order valence-electron chi connectivity index (χ4n) is 3.61. The zero-order valence-corrected chi connectivity index (χ0v) is 22.4. The van der Waals surface area contributed by atoms with Crippen LogP contribution in [0.4, 0.5) is 0 Å². The van der Waals surface area contributed by atoms with E-state index in [-0.39, 0.29) is 11.7 Å². The molecule has 0 spiro atoms. The molecule has 0 aliphatic rings. The Morgan fingerprint density at radius 2 is 1.73 bits per heavy atom. The Kier molecular flexibility index (Phi) is 8.60. The molecule has 0 bridgehead atoms. The first kappa shape index (κ1) is 26.8. The van der Waals surface area contributed by atoms with Crippen molar-refractivity contribution in [1.82, 2.24) is 25.2 Å². The smallest absolute Gasteiger partial charge is 0.343 e. The summed E-state index contributed by atoms with van der Waals surface area (Å²) in [4.78, 5) is 28.8. The number of amides is 1. The van der Waals surface area contributed by atoms with Gasteiger partial charge in [-0.15, -0.1) is 10.2 Å². The predicted octanol–water partition coefficient (Wildman–Crippen LogP) is 5.44. The number of esters is 1. The zero-order chi connectivity index (χ0) is 27.7. The van der Waals surface area contributed by atoms with E-state index < -0.39 is 5.97 Å². The fraction of sp³-hybridized carbons (Fsp3) is 0.0345. The Morgan fingerprint density at radius 1 is 0.950 bits per heavy atom. The van der Waals surface area contributed by atoms with Gasteiger partial charge in [-0.25, -0.2) is 10.2 Å². The SMILES string of the molecule is O=C(CSc1nnc(-c2ccncc2)n1-c1ccccc1)N/N=C/c1ccc(OC(=O)c2cccc(Cl)c2)cc1. The number of benzene rings is 3. The number of hydrogen-bond donors (Lipinski definition) is 1. The molecule has 5 aromatic rings. The third-order valence-electron chi connectivity index (χ3n) is 5.47. The van der Waals surface area contributed by atoms with Crippen molar-refractivity contribution < 1.29 is 14.3 Å². The Labute approximate surface area is 238 Å². The third kappa shape index (κ3) is 6.79. The Morgan fingerprint density at radius 3 is 2.48 bits per heavy atom. The monoisotopic (exact) mass is 568 g/mol. The number of rotatable bonds is 9. The number of aromatic nitrogens is 4. The van der Waals surface area contributed by atoms with Crippen LogP contribution in [-0.4, -0.2) is 43.6 Å². The van der Waals surface area contributed by atoms with Gasteiger partial charge in [0.2, 0.25) is 0 Å². The van der Waals surface area contributed by atoms with Crippen LogP contribution in [-0.2, 0) is 4.79 Å². The molecular formula is C29H21ClN6O3S. The largest absolute Gasteiger partial charge is 0.423 e. The highest BCUT2D eigenvalue weighted by molar-refractivity contribution is 7.99. The average molecular weight is 569 g/mol. The third-order valence-corrected chi connectivity index (χ3v) is 6.64. The van der Waals surface area contributed by atoms with Crippen LogP contribution in [0.2, 0.25) is 5.02 Å². The van der Waals surface area contributed by atoms with Crippen LogP contribution in [0.3, 0.4) is 0 Å². The van der Waals surface area contributed by atoms with Gasteiger partial charge in [0.25, 0.3) is 5.91 Å². The maximum atomic E-state index is 12.5. The topological polar surface area (TPSA) is 111 Å². The van der Waals surface area contributed by atoms with Crippen molar-refractivity contribution in [3.63, 3.8) is 0 Å². The molecule has 3 aromatic carbocycles. The summed E-state index contributed by atoms with van der Waals surface area (Å²) in [6, 6.07) is 26.6. The second-order valence-corrected chi connectivity index (χ2v) is 9.64. The lowest BCUT2D eigenvalue weighted by Crippen LogP contribution is -2.20. The van der Waals surface area contributed by atoms with Gasteiger partial charge in [0.15, 0.2) is 11.0 Å². The van der Waals surface area contributed by atoms with Gasteiger partial charge >= 0.3 is 5.97 Å². The molecule has 11 heteroatoms. The van der Waals surface area contributed by atoms with Crippen molar-refractivity contribution in [2.75, 3.05) is 5.75 Å². The lowest BCUT2D eigenvalue weighted by Gasteiger charge is -2.10. The molecule has 0 fully saturated rings. The van der Waals surface area contributed by atoms with Gasteiger partial charge in [-0.2, -0.15) is 5.10 Å². The minimum absolute atomic E-state index is 0.0804. The lowest BCUT2D eigenvalue weighted by molar-refractivity contribution is -0.118. The van der Waals surface area contributed by atoms with E-state index >= 15 is 0 Å². The number of halogens is 1. The summed E-state index contributed by atoms with van der Waals surface area (Å²) in [7, 11) is 0. The first-order chi connectivity index (χ1) is 19.6. The molecule has 0 saturated carbocycles. The van der Waals surface area contributed by atoms with Crippen molar-refractivity contribution in [2.45, 2.75) is 5.16 Å². The molecule has 0 aliphatic carbocycles. The van der Waals surface area contributed by atoms with Gasteiger partial charge < -0.3 is 4.74 Å². The Hall–Kier alpha value is -4.80. The molecule has 1 N–H and O–H groups in total. The zero-order valence-electron chi connectivity index (χ0n) is 20.8. The molecular weight excluding hydrogens is 548 g/mol. The number of nitrogens with one attached hydrogen (secondary N) is 1. The van der Waals surface area contributed by atoms with Crippen molar-refractivity contribution in [3.8, 4) is 22.8 Å². The van der Waals surface area contributed by atoms with Crippen LogP contribution in [0.5, 0.6) is 5.75 Å². The molecule has 9 nitrogen and oxygen atoms in total. The lowest BCUT2D eigenvalue weighted by atomic mass is 10.2. The number of ether oxygens (including phenoxy) is 1.